The van der Waals surface area contributed by atoms with Crippen LogP contribution in [0.4, 0.5) is 5.69 Å². The SMILES string of the molecule is O=C(CCC(=O)Nc1ccc(Cl)cc1)NN=Cc1ccccc1. The van der Waals surface area contributed by atoms with Gasteiger partial charge in [-0.3, -0.25) is 9.59 Å². The van der Waals surface area contributed by atoms with Gasteiger partial charge in [0.15, 0.2) is 0 Å². The molecule has 23 heavy (non-hydrogen) atoms. The molecule has 118 valence electrons. The predicted molar refractivity (Wildman–Crippen MR) is 91.5 cm³/mol. The van der Waals surface area contributed by atoms with Crippen LogP contribution in [0, 0.1) is 0 Å². The number of amides is 2. The molecule has 2 amide bonds. The lowest BCUT2D eigenvalue weighted by molar-refractivity contribution is -0.124. The Morgan fingerprint density at radius 3 is 2.30 bits per heavy atom. The number of nitrogens with zero attached hydrogens (tertiary/aromatic N) is 1. The van der Waals surface area contributed by atoms with Crippen molar-refractivity contribution in [2.24, 2.45) is 5.10 Å². The third kappa shape index (κ3) is 6.32. The molecule has 2 aromatic rings. The van der Waals surface area contributed by atoms with Crippen molar-refractivity contribution < 1.29 is 9.59 Å². The topological polar surface area (TPSA) is 70.6 Å². The molecule has 0 aliphatic heterocycles. The van der Waals surface area contributed by atoms with Gasteiger partial charge >= 0.3 is 0 Å². The van der Waals surface area contributed by atoms with Crippen LogP contribution in [0.15, 0.2) is 59.7 Å². The van der Waals surface area contributed by atoms with Gasteiger partial charge in [-0.1, -0.05) is 41.9 Å². The van der Waals surface area contributed by atoms with Crippen LogP contribution in [0.5, 0.6) is 0 Å². The fourth-order valence-corrected chi connectivity index (χ4v) is 1.88. The highest BCUT2D eigenvalue weighted by molar-refractivity contribution is 6.30. The molecule has 0 aliphatic carbocycles. The van der Waals surface area contributed by atoms with Crippen molar-refractivity contribution >= 4 is 35.3 Å². The molecule has 0 heterocycles. The Hall–Kier alpha value is -2.66. The maximum absolute atomic E-state index is 11.7. The number of benzene rings is 2. The molecule has 0 fully saturated rings. The molecule has 0 atom stereocenters. The first-order valence-corrected chi connectivity index (χ1v) is 7.43. The lowest BCUT2D eigenvalue weighted by Gasteiger charge is -2.04. The molecule has 5 nitrogen and oxygen atoms in total. The third-order valence-corrected chi connectivity index (χ3v) is 3.16. The summed E-state index contributed by atoms with van der Waals surface area (Å²) in [4.78, 5) is 23.3. The quantitative estimate of drug-likeness (QED) is 0.631. The number of anilines is 1. The van der Waals surface area contributed by atoms with Crippen LogP contribution in [0.3, 0.4) is 0 Å². The highest BCUT2D eigenvalue weighted by atomic mass is 35.5. The van der Waals surface area contributed by atoms with Crippen LogP contribution in [-0.2, 0) is 9.59 Å². The zero-order valence-electron chi connectivity index (χ0n) is 12.3. The highest BCUT2D eigenvalue weighted by Crippen LogP contribution is 2.13. The summed E-state index contributed by atoms with van der Waals surface area (Å²) in [6, 6.07) is 16.2. The van der Waals surface area contributed by atoms with Gasteiger partial charge in [0.1, 0.15) is 0 Å². The molecular formula is C17H16ClN3O2. The fourth-order valence-electron chi connectivity index (χ4n) is 1.76. The maximum Gasteiger partial charge on any atom is 0.240 e. The predicted octanol–water partition coefficient (Wildman–Crippen LogP) is 3.21. The highest BCUT2D eigenvalue weighted by Gasteiger charge is 2.06. The Bertz CT molecular complexity index is 685. The summed E-state index contributed by atoms with van der Waals surface area (Å²) in [5.41, 5.74) is 3.91. The van der Waals surface area contributed by atoms with E-state index in [4.69, 9.17) is 11.6 Å². The molecule has 0 radical (unpaired) electrons. The number of halogens is 1. The van der Waals surface area contributed by atoms with Crippen LogP contribution < -0.4 is 10.7 Å². The van der Waals surface area contributed by atoms with Crippen LogP contribution in [0.2, 0.25) is 5.02 Å². The third-order valence-electron chi connectivity index (χ3n) is 2.91. The summed E-state index contributed by atoms with van der Waals surface area (Å²) in [5, 5.41) is 7.13. The second-order valence-corrected chi connectivity index (χ2v) is 5.20. The molecule has 0 saturated carbocycles. The molecule has 0 spiro atoms. The van der Waals surface area contributed by atoms with E-state index in [1.54, 1.807) is 30.5 Å². The van der Waals surface area contributed by atoms with E-state index in [0.717, 1.165) is 5.56 Å². The van der Waals surface area contributed by atoms with Crippen molar-refractivity contribution in [3.05, 3.63) is 65.2 Å². The van der Waals surface area contributed by atoms with Gasteiger partial charge in [0, 0.05) is 23.6 Å². The fraction of sp³-hybridized carbons (Fsp3) is 0.118. The molecule has 6 heteroatoms. The minimum absolute atomic E-state index is 0.0611. The van der Waals surface area contributed by atoms with Gasteiger partial charge in [-0.05, 0) is 29.8 Å². The van der Waals surface area contributed by atoms with Gasteiger partial charge in [-0.2, -0.15) is 5.10 Å². The Balaban J connectivity index is 1.70. The number of carbonyl (C=O) groups excluding carboxylic acids is 2. The zero-order chi connectivity index (χ0) is 16.5. The number of carbonyl (C=O) groups is 2. The second-order valence-electron chi connectivity index (χ2n) is 4.76. The first kappa shape index (κ1) is 16.7. The second kappa shape index (κ2) is 8.70. The number of hydrogen-bond acceptors (Lipinski definition) is 3. The van der Waals surface area contributed by atoms with Gasteiger partial charge in [-0.15, -0.1) is 0 Å². The lowest BCUT2D eigenvalue weighted by Crippen LogP contribution is -2.20. The number of hydrogen-bond donors (Lipinski definition) is 2. The molecule has 0 aliphatic rings. The van der Waals surface area contributed by atoms with Crippen LogP contribution in [0.1, 0.15) is 18.4 Å². The normalized spacial score (nSPS) is 10.5. The standard InChI is InChI=1S/C17H16ClN3O2/c18-14-6-8-15(9-7-14)20-16(22)10-11-17(23)21-19-12-13-4-2-1-3-5-13/h1-9,12H,10-11H2,(H,20,22)(H,21,23). The Morgan fingerprint density at radius 2 is 1.61 bits per heavy atom. The largest absolute Gasteiger partial charge is 0.326 e. The van der Waals surface area contributed by atoms with Crippen molar-refractivity contribution in [2.75, 3.05) is 5.32 Å². The van der Waals surface area contributed by atoms with Crippen molar-refractivity contribution in [1.29, 1.82) is 0 Å². The van der Waals surface area contributed by atoms with Gasteiger partial charge in [0.05, 0.1) is 6.21 Å². The molecule has 0 aromatic heterocycles. The average Bonchev–Trinajstić information content (AvgIpc) is 2.56. The number of rotatable bonds is 6. The van der Waals surface area contributed by atoms with E-state index in [-0.39, 0.29) is 24.7 Å². The van der Waals surface area contributed by atoms with Crippen molar-refractivity contribution in [2.45, 2.75) is 12.8 Å². The summed E-state index contributed by atoms with van der Waals surface area (Å²) in [6.45, 7) is 0. The van der Waals surface area contributed by atoms with Gasteiger partial charge in [0.25, 0.3) is 0 Å². The molecular weight excluding hydrogens is 314 g/mol. The number of nitrogens with one attached hydrogen (secondary N) is 2. The molecule has 2 aromatic carbocycles. The van der Waals surface area contributed by atoms with E-state index in [9.17, 15) is 9.59 Å². The Kier molecular flexibility index (Phi) is 6.32. The molecule has 0 bridgehead atoms. The van der Waals surface area contributed by atoms with Gasteiger partial charge in [0.2, 0.25) is 11.8 Å². The maximum atomic E-state index is 11.7. The van der Waals surface area contributed by atoms with E-state index in [0.29, 0.717) is 10.7 Å². The van der Waals surface area contributed by atoms with Gasteiger partial charge in [-0.25, -0.2) is 5.43 Å². The van der Waals surface area contributed by atoms with Gasteiger partial charge < -0.3 is 5.32 Å². The summed E-state index contributed by atoms with van der Waals surface area (Å²) in [7, 11) is 0. The molecule has 0 unspecified atom stereocenters. The smallest absolute Gasteiger partial charge is 0.240 e. The van der Waals surface area contributed by atoms with Crippen LogP contribution in [0.25, 0.3) is 0 Å². The zero-order valence-corrected chi connectivity index (χ0v) is 13.1. The minimum Gasteiger partial charge on any atom is -0.326 e. The Morgan fingerprint density at radius 1 is 0.957 bits per heavy atom. The Labute approximate surface area is 139 Å². The summed E-state index contributed by atoms with van der Waals surface area (Å²) in [5.74, 6) is -0.557. The molecule has 2 N–H and O–H groups in total. The van der Waals surface area contributed by atoms with Crippen LogP contribution >= 0.6 is 11.6 Å². The van der Waals surface area contributed by atoms with Crippen molar-refractivity contribution in [1.82, 2.24) is 5.43 Å². The molecule has 2 rings (SSSR count). The van der Waals surface area contributed by atoms with E-state index >= 15 is 0 Å². The minimum atomic E-state index is -0.316. The lowest BCUT2D eigenvalue weighted by atomic mass is 10.2. The molecule has 0 saturated heterocycles. The van der Waals surface area contributed by atoms with E-state index in [1.807, 2.05) is 30.3 Å². The first-order chi connectivity index (χ1) is 11.1. The number of hydrazone groups is 1. The summed E-state index contributed by atoms with van der Waals surface area (Å²) >= 11 is 5.76. The first-order valence-electron chi connectivity index (χ1n) is 7.06. The van der Waals surface area contributed by atoms with E-state index in [1.165, 1.54) is 0 Å². The average molecular weight is 330 g/mol. The van der Waals surface area contributed by atoms with E-state index < -0.39 is 0 Å². The van der Waals surface area contributed by atoms with E-state index in [2.05, 4.69) is 15.8 Å². The monoisotopic (exact) mass is 329 g/mol. The van der Waals surface area contributed by atoms with Crippen molar-refractivity contribution in [3.63, 3.8) is 0 Å². The summed E-state index contributed by atoms with van der Waals surface area (Å²) < 4.78 is 0. The van der Waals surface area contributed by atoms with Crippen LogP contribution in [-0.4, -0.2) is 18.0 Å². The van der Waals surface area contributed by atoms with Crippen molar-refractivity contribution in [3.8, 4) is 0 Å². The summed E-state index contributed by atoms with van der Waals surface area (Å²) in [6.07, 6.45) is 1.69.